The molecule has 0 radical (unpaired) electrons. The lowest BCUT2D eigenvalue weighted by molar-refractivity contribution is -0.141. The van der Waals surface area contributed by atoms with Gasteiger partial charge in [-0.25, -0.2) is 0 Å². The molecule has 0 saturated heterocycles. The van der Waals surface area contributed by atoms with Crippen molar-refractivity contribution in [2.24, 2.45) is 0 Å². The molecular weight excluding hydrogens is 230 g/mol. The third kappa shape index (κ3) is 2.41. The molecule has 1 aromatic rings. The number of rotatable bonds is 2. The van der Waals surface area contributed by atoms with Crippen LogP contribution in [0.2, 0.25) is 0 Å². The molecule has 18 heavy (non-hydrogen) atoms. The van der Waals surface area contributed by atoms with Crippen LogP contribution in [0.5, 0.6) is 0 Å². The number of likely N-dealkylation sites (N-methyl/N-ethyl adjacent to an activating group) is 1. The van der Waals surface area contributed by atoms with Crippen molar-refractivity contribution in [1.82, 2.24) is 14.7 Å². The summed E-state index contributed by atoms with van der Waals surface area (Å²) in [5.41, 5.74) is 2.42. The van der Waals surface area contributed by atoms with Crippen LogP contribution in [0.1, 0.15) is 25.1 Å². The smallest absolute Gasteiger partial charge is 0.327 e. The number of nitrogens with zero attached hydrogens (tertiary/aromatic N) is 3. The molecule has 100 valence electrons. The first-order valence-electron chi connectivity index (χ1n) is 6.35. The SMILES string of the molecule is COC(=O)Cn1ncc2c1CC(C)N(C)C(C)C2. The zero-order chi connectivity index (χ0) is 13.3. The molecule has 1 aliphatic rings. The number of carbonyl (C=O) groups excluding carboxylic acids is 1. The van der Waals surface area contributed by atoms with Crippen LogP contribution in [-0.4, -0.2) is 46.9 Å². The highest BCUT2D eigenvalue weighted by Gasteiger charge is 2.26. The molecule has 0 aliphatic carbocycles. The maximum absolute atomic E-state index is 11.4. The van der Waals surface area contributed by atoms with Crippen molar-refractivity contribution >= 4 is 5.97 Å². The van der Waals surface area contributed by atoms with Crippen molar-refractivity contribution in [2.45, 2.75) is 45.3 Å². The summed E-state index contributed by atoms with van der Waals surface area (Å²) in [5, 5.41) is 4.32. The minimum absolute atomic E-state index is 0.205. The fraction of sp³-hybridized carbons (Fsp3) is 0.692. The van der Waals surface area contributed by atoms with E-state index in [2.05, 4.69) is 30.9 Å². The lowest BCUT2D eigenvalue weighted by Crippen LogP contribution is -2.37. The summed E-state index contributed by atoms with van der Waals surface area (Å²) in [5.74, 6) is -0.251. The molecule has 2 atom stereocenters. The molecule has 1 aromatic heterocycles. The normalized spacial score (nSPS) is 24.4. The average molecular weight is 251 g/mol. The summed E-state index contributed by atoms with van der Waals surface area (Å²) in [4.78, 5) is 13.7. The van der Waals surface area contributed by atoms with Crippen LogP contribution in [0.25, 0.3) is 0 Å². The Labute approximate surface area is 108 Å². The summed E-state index contributed by atoms with van der Waals surface area (Å²) in [7, 11) is 3.56. The number of fused-ring (bicyclic) bond motifs is 1. The molecule has 0 N–H and O–H groups in total. The Bertz CT molecular complexity index is 441. The van der Waals surface area contributed by atoms with E-state index < -0.39 is 0 Å². The molecule has 0 aromatic carbocycles. The first-order chi connectivity index (χ1) is 8.52. The molecule has 2 heterocycles. The maximum Gasteiger partial charge on any atom is 0.327 e. The molecule has 0 spiro atoms. The van der Waals surface area contributed by atoms with Crippen molar-refractivity contribution in [3.63, 3.8) is 0 Å². The average Bonchev–Trinajstić information content (AvgIpc) is 2.66. The van der Waals surface area contributed by atoms with Crippen LogP contribution in [0.15, 0.2) is 6.20 Å². The number of carbonyl (C=O) groups is 1. The van der Waals surface area contributed by atoms with Gasteiger partial charge in [-0.1, -0.05) is 0 Å². The Morgan fingerprint density at radius 2 is 2.11 bits per heavy atom. The third-order valence-corrected chi connectivity index (χ3v) is 3.94. The van der Waals surface area contributed by atoms with Crippen LogP contribution < -0.4 is 0 Å². The monoisotopic (exact) mass is 251 g/mol. The molecule has 0 amide bonds. The van der Waals surface area contributed by atoms with Crippen LogP contribution in [0, 0.1) is 0 Å². The van der Waals surface area contributed by atoms with Gasteiger partial charge in [0.2, 0.25) is 0 Å². The Morgan fingerprint density at radius 3 is 2.78 bits per heavy atom. The van der Waals surface area contributed by atoms with E-state index in [4.69, 9.17) is 4.74 Å². The lowest BCUT2D eigenvalue weighted by Gasteiger charge is -2.27. The summed E-state index contributed by atoms with van der Waals surface area (Å²) in [6.45, 7) is 4.64. The predicted octanol–water partition coefficient (Wildman–Crippen LogP) is 0.863. The van der Waals surface area contributed by atoms with Crippen LogP contribution in [0.3, 0.4) is 0 Å². The Hall–Kier alpha value is -1.36. The maximum atomic E-state index is 11.4. The van der Waals surface area contributed by atoms with Gasteiger partial charge in [-0.2, -0.15) is 5.10 Å². The second-order valence-electron chi connectivity index (χ2n) is 5.12. The molecule has 1 aliphatic heterocycles. The van der Waals surface area contributed by atoms with Crippen molar-refractivity contribution in [3.05, 3.63) is 17.5 Å². The van der Waals surface area contributed by atoms with E-state index in [1.165, 1.54) is 18.4 Å². The molecule has 5 heteroatoms. The zero-order valence-electron chi connectivity index (χ0n) is 11.5. The summed E-state index contributed by atoms with van der Waals surface area (Å²) >= 11 is 0. The van der Waals surface area contributed by atoms with E-state index in [1.54, 1.807) is 4.68 Å². The standard InChI is InChI=1S/C13H21N3O2/c1-9-5-11-7-14-16(8-13(17)18-4)12(11)6-10(2)15(9)3/h7,9-10H,5-6,8H2,1-4H3. The second kappa shape index (κ2) is 5.10. The minimum Gasteiger partial charge on any atom is -0.468 e. The van der Waals surface area contributed by atoms with Gasteiger partial charge < -0.3 is 9.64 Å². The highest BCUT2D eigenvalue weighted by molar-refractivity contribution is 5.69. The van der Waals surface area contributed by atoms with Gasteiger partial charge in [0.05, 0.1) is 13.3 Å². The van der Waals surface area contributed by atoms with Crippen molar-refractivity contribution in [3.8, 4) is 0 Å². The van der Waals surface area contributed by atoms with Gasteiger partial charge in [0.15, 0.2) is 0 Å². The van der Waals surface area contributed by atoms with Gasteiger partial charge in [0.1, 0.15) is 6.54 Å². The lowest BCUT2D eigenvalue weighted by atomic mass is 10.1. The Kier molecular flexibility index (Phi) is 3.71. The molecule has 5 nitrogen and oxygen atoms in total. The molecule has 0 fully saturated rings. The van der Waals surface area contributed by atoms with E-state index in [-0.39, 0.29) is 12.5 Å². The number of hydrogen-bond donors (Lipinski definition) is 0. The molecule has 2 rings (SSSR count). The first kappa shape index (κ1) is 13.1. The van der Waals surface area contributed by atoms with E-state index in [0.717, 1.165) is 12.8 Å². The fourth-order valence-electron chi connectivity index (χ4n) is 2.50. The molecular formula is C13H21N3O2. The van der Waals surface area contributed by atoms with Crippen molar-refractivity contribution < 1.29 is 9.53 Å². The summed E-state index contributed by atoms with van der Waals surface area (Å²) < 4.78 is 6.49. The fourth-order valence-corrected chi connectivity index (χ4v) is 2.50. The molecule has 0 saturated carbocycles. The number of esters is 1. The van der Waals surface area contributed by atoms with Gasteiger partial charge >= 0.3 is 5.97 Å². The third-order valence-electron chi connectivity index (χ3n) is 3.94. The number of ether oxygens (including phenoxy) is 1. The van der Waals surface area contributed by atoms with Crippen LogP contribution in [-0.2, 0) is 28.9 Å². The predicted molar refractivity (Wildman–Crippen MR) is 68.3 cm³/mol. The van der Waals surface area contributed by atoms with Gasteiger partial charge in [-0.05, 0) is 32.9 Å². The summed E-state index contributed by atoms with van der Waals surface area (Å²) in [6, 6.07) is 0.950. The largest absolute Gasteiger partial charge is 0.468 e. The van der Waals surface area contributed by atoms with Crippen molar-refractivity contribution in [2.75, 3.05) is 14.2 Å². The number of aromatic nitrogens is 2. The van der Waals surface area contributed by atoms with Gasteiger partial charge in [0, 0.05) is 24.2 Å². The van der Waals surface area contributed by atoms with E-state index in [1.807, 2.05) is 6.20 Å². The number of methoxy groups -OCH3 is 1. The Morgan fingerprint density at radius 1 is 1.44 bits per heavy atom. The highest BCUT2D eigenvalue weighted by atomic mass is 16.5. The van der Waals surface area contributed by atoms with Gasteiger partial charge in [-0.15, -0.1) is 0 Å². The van der Waals surface area contributed by atoms with E-state index in [0.29, 0.717) is 12.1 Å². The first-order valence-corrected chi connectivity index (χ1v) is 6.35. The van der Waals surface area contributed by atoms with Crippen LogP contribution in [0.4, 0.5) is 0 Å². The van der Waals surface area contributed by atoms with E-state index >= 15 is 0 Å². The quantitative estimate of drug-likeness (QED) is 0.732. The van der Waals surface area contributed by atoms with E-state index in [9.17, 15) is 4.79 Å². The van der Waals surface area contributed by atoms with Gasteiger partial charge in [-0.3, -0.25) is 9.48 Å². The minimum atomic E-state index is -0.251. The summed E-state index contributed by atoms with van der Waals surface area (Å²) in [6.07, 6.45) is 3.80. The van der Waals surface area contributed by atoms with Crippen LogP contribution >= 0.6 is 0 Å². The molecule has 2 unspecified atom stereocenters. The topological polar surface area (TPSA) is 47.4 Å². The number of hydrogen-bond acceptors (Lipinski definition) is 4. The van der Waals surface area contributed by atoms with Gasteiger partial charge in [0.25, 0.3) is 0 Å². The molecule has 0 bridgehead atoms. The highest BCUT2D eigenvalue weighted by Crippen LogP contribution is 2.22. The Balaban J connectivity index is 2.26. The van der Waals surface area contributed by atoms with Crippen molar-refractivity contribution in [1.29, 1.82) is 0 Å². The zero-order valence-corrected chi connectivity index (χ0v) is 11.5. The second-order valence-corrected chi connectivity index (χ2v) is 5.12.